The minimum Gasteiger partial charge on any atom is -0.384 e. The van der Waals surface area contributed by atoms with Gasteiger partial charge in [0.2, 0.25) is 0 Å². The molecule has 0 aliphatic carbocycles. The standard InChI is InChI=1S/C9H10N2O/c1-12-5-4-8-2-3-9(6-10)11-7-8/h2-3,7H,4-5H2,1H3. The smallest absolute Gasteiger partial charge is 0.140 e. The van der Waals surface area contributed by atoms with E-state index in [-0.39, 0.29) is 0 Å². The van der Waals surface area contributed by atoms with Crippen molar-refractivity contribution in [2.24, 2.45) is 0 Å². The van der Waals surface area contributed by atoms with Gasteiger partial charge >= 0.3 is 0 Å². The van der Waals surface area contributed by atoms with Crippen LogP contribution < -0.4 is 0 Å². The topological polar surface area (TPSA) is 45.9 Å². The first-order valence-corrected chi connectivity index (χ1v) is 3.71. The molecule has 0 saturated carbocycles. The average molecular weight is 162 g/mol. The largest absolute Gasteiger partial charge is 0.384 e. The lowest BCUT2D eigenvalue weighted by Gasteiger charge is -1.98. The van der Waals surface area contributed by atoms with E-state index in [0.29, 0.717) is 12.3 Å². The maximum atomic E-state index is 8.47. The van der Waals surface area contributed by atoms with Crippen molar-refractivity contribution in [3.05, 3.63) is 29.6 Å². The zero-order chi connectivity index (χ0) is 8.81. The minimum atomic E-state index is 0.455. The van der Waals surface area contributed by atoms with Crippen LogP contribution in [0.3, 0.4) is 0 Å². The van der Waals surface area contributed by atoms with Crippen LogP contribution in [0.5, 0.6) is 0 Å². The van der Waals surface area contributed by atoms with E-state index in [0.717, 1.165) is 12.0 Å². The Hall–Kier alpha value is -1.40. The molecule has 0 saturated heterocycles. The van der Waals surface area contributed by atoms with Gasteiger partial charge in [0.15, 0.2) is 0 Å². The molecule has 0 spiro atoms. The van der Waals surface area contributed by atoms with Crippen LogP contribution in [0.15, 0.2) is 18.3 Å². The summed E-state index contributed by atoms with van der Waals surface area (Å²) in [7, 11) is 1.66. The normalized spacial score (nSPS) is 9.33. The molecule has 0 aliphatic heterocycles. The third kappa shape index (κ3) is 2.33. The summed E-state index contributed by atoms with van der Waals surface area (Å²) in [5.74, 6) is 0. The number of methoxy groups -OCH3 is 1. The van der Waals surface area contributed by atoms with E-state index in [1.165, 1.54) is 0 Å². The highest BCUT2D eigenvalue weighted by atomic mass is 16.5. The average Bonchev–Trinajstić information content (AvgIpc) is 2.15. The fourth-order valence-corrected chi connectivity index (χ4v) is 0.858. The fraction of sp³-hybridized carbons (Fsp3) is 0.333. The molecule has 0 aromatic carbocycles. The highest BCUT2D eigenvalue weighted by Crippen LogP contribution is 1.99. The molecule has 0 fully saturated rings. The van der Waals surface area contributed by atoms with E-state index in [1.807, 2.05) is 12.1 Å². The van der Waals surface area contributed by atoms with Crippen LogP contribution in [0.1, 0.15) is 11.3 Å². The Kier molecular flexibility index (Phi) is 3.24. The zero-order valence-electron chi connectivity index (χ0n) is 6.95. The first-order valence-electron chi connectivity index (χ1n) is 3.71. The van der Waals surface area contributed by atoms with E-state index in [9.17, 15) is 0 Å². The summed E-state index contributed by atoms with van der Waals surface area (Å²) >= 11 is 0. The number of hydrogen-bond acceptors (Lipinski definition) is 3. The molecule has 12 heavy (non-hydrogen) atoms. The monoisotopic (exact) mass is 162 g/mol. The van der Waals surface area contributed by atoms with Crippen LogP contribution in [-0.2, 0) is 11.2 Å². The first kappa shape index (κ1) is 8.69. The molecule has 0 N–H and O–H groups in total. The summed E-state index contributed by atoms with van der Waals surface area (Å²) in [6.07, 6.45) is 2.55. The second-order valence-corrected chi connectivity index (χ2v) is 2.41. The molecule has 1 aromatic rings. The molecule has 62 valence electrons. The maximum absolute atomic E-state index is 8.47. The van der Waals surface area contributed by atoms with E-state index in [2.05, 4.69) is 4.98 Å². The molecule has 0 unspecified atom stereocenters. The molecule has 0 amide bonds. The molecule has 3 heteroatoms. The SMILES string of the molecule is COCCc1ccc(C#N)nc1. The first-order chi connectivity index (χ1) is 5.86. The van der Waals surface area contributed by atoms with Crippen LogP contribution >= 0.6 is 0 Å². The summed E-state index contributed by atoms with van der Waals surface area (Å²) < 4.78 is 4.91. The summed E-state index contributed by atoms with van der Waals surface area (Å²) in [6.45, 7) is 0.688. The number of aromatic nitrogens is 1. The summed E-state index contributed by atoms with van der Waals surface area (Å²) in [5.41, 5.74) is 1.55. The zero-order valence-corrected chi connectivity index (χ0v) is 6.95. The Morgan fingerprint density at radius 1 is 1.58 bits per heavy atom. The fourth-order valence-electron chi connectivity index (χ4n) is 0.858. The van der Waals surface area contributed by atoms with E-state index in [4.69, 9.17) is 10.00 Å². The molecule has 1 rings (SSSR count). The van der Waals surface area contributed by atoms with Gasteiger partial charge in [0, 0.05) is 13.3 Å². The van der Waals surface area contributed by atoms with Crippen molar-refractivity contribution in [1.82, 2.24) is 4.98 Å². The molecule has 0 atom stereocenters. The third-order valence-electron chi connectivity index (χ3n) is 1.53. The summed E-state index contributed by atoms with van der Waals surface area (Å²) in [6, 6.07) is 5.57. The lowest BCUT2D eigenvalue weighted by atomic mass is 10.2. The van der Waals surface area contributed by atoms with Crippen molar-refractivity contribution >= 4 is 0 Å². The quantitative estimate of drug-likeness (QED) is 0.669. The van der Waals surface area contributed by atoms with Crippen molar-refractivity contribution in [3.8, 4) is 6.07 Å². The molecule has 1 heterocycles. The van der Waals surface area contributed by atoms with Crippen LogP contribution in [0, 0.1) is 11.3 Å². The van der Waals surface area contributed by atoms with E-state index < -0.39 is 0 Å². The minimum absolute atomic E-state index is 0.455. The van der Waals surface area contributed by atoms with Crippen LogP contribution in [-0.4, -0.2) is 18.7 Å². The van der Waals surface area contributed by atoms with Gasteiger partial charge in [0.05, 0.1) is 6.61 Å². The number of hydrogen-bond donors (Lipinski definition) is 0. The Morgan fingerprint density at radius 3 is 2.92 bits per heavy atom. The molecule has 0 bridgehead atoms. The van der Waals surface area contributed by atoms with E-state index >= 15 is 0 Å². The number of ether oxygens (including phenoxy) is 1. The third-order valence-corrected chi connectivity index (χ3v) is 1.53. The summed E-state index contributed by atoms with van der Waals surface area (Å²) in [4.78, 5) is 3.93. The molecular formula is C9H10N2O. The lowest BCUT2D eigenvalue weighted by molar-refractivity contribution is 0.202. The number of nitrogens with zero attached hydrogens (tertiary/aromatic N) is 2. The van der Waals surface area contributed by atoms with Crippen molar-refractivity contribution in [2.75, 3.05) is 13.7 Å². The van der Waals surface area contributed by atoms with Gasteiger partial charge in [0.1, 0.15) is 11.8 Å². The van der Waals surface area contributed by atoms with Gasteiger partial charge in [-0.1, -0.05) is 6.07 Å². The molecule has 0 aliphatic rings. The van der Waals surface area contributed by atoms with E-state index in [1.54, 1.807) is 19.4 Å². The highest BCUT2D eigenvalue weighted by molar-refractivity contribution is 5.23. The molecule has 3 nitrogen and oxygen atoms in total. The van der Waals surface area contributed by atoms with Gasteiger partial charge in [-0.15, -0.1) is 0 Å². The second-order valence-electron chi connectivity index (χ2n) is 2.41. The highest BCUT2D eigenvalue weighted by Gasteiger charge is 1.93. The Labute approximate surface area is 71.6 Å². The van der Waals surface area contributed by atoms with Crippen LogP contribution in [0.4, 0.5) is 0 Å². The van der Waals surface area contributed by atoms with Gasteiger partial charge in [0.25, 0.3) is 0 Å². The van der Waals surface area contributed by atoms with Crippen molar-refractivity contribution in [1.29, 1.82) is 5.26 Å². The Balaban J connectivity index is 2.60. The predicted molar refractivity (Wildman–Crippen MR) is 44.5 cm³/mol. The van der Waals surface area contributed by atoms with Crippen LogP contribution in [0.25, 0.3) is 0 Å². The van der Waals surface area contributed by atoms with Gasteiger partial charge in [-0.2, -0.15) is 5.26 Å². The van der Waals surface area contributed by atoms with Crippen molar-refractivity contribution < 1.29 is 4.74 Å². The van der Waals surface area contributed by atoms with Gasteiger partial charge < -0.3 is 4.74 Å². The second kappa shape index (κ2) is 4.47. The summed E-state index contributed by atoms with van der Waals surface area (Å²) in [5, 5.41) is 8.47. The van der Waals surface area contributed by atoms with Crippen molar-refractivity contribution in [2.45, 2.75) is 6.42 Å². The predicted octanol–water partition coefficient (Wildman–Crippen LogP) is 1.14. The number of pyridine rings is 1. The van der Waals surface area contributed by atoms with Crippen molar-refractivity contribution in [3.63, 3.8) is 0 Å². The maximum Gasteiger partial charge on any atom is 0.140 e. The van der Waals surface area contributed by atoms with Gasteiger partial charge in [-0.25, -0.2) is 4.98 Å². The number of nitriles is 1. The number of rotatable bonds is 3. The lowest BCUT2D eigenvalue weighted by Crippen LogP contribution is -1.95. The van der Waals surface area contributed by atoms with Gasteiger partial charge in [-0.3, -0.25) is 0 Å². The molecular weight excluding hydrogens is 152 g/mol. The van der Waals surface area contributed by atoms with Gasteiger partial charge in [-0.05, 0) is 18.1 Å². The Morgan fingerprint density at radius 2 is 2.42 bits per heavy atom. The van der Waals surface area contributed by atoms with Crippen LogP contribution in [0.2, 0.25) is 0 Å². The molecule has 0 radical (unpaired) electrons. The Bertz CT molecular complexity index is 274. The molecule has 1 aromatic heterocycles.